The monoisotopic (exact) mass is 271 g/mol. The zero-order chi connectivity index (χ0) is 13.5. The molecular formula is C16H21N3O. The van der Waals surface area contributed by atoms with E-state index in [9.17, 15) is 4.79 Å². The van der Waals surface area contributed by atoms with Gasteiger partial charge in [0, 0.05) is 12.6 Å². The fourth-order valence-electron chi connectivity index (χ4n) is 3.99. The Morgan fingerprint density at radius 2 is 1.85 bits per heavy atom. The van der Waals surface area contributed by atoms with Crippen LogP contribution in [0.2, 0.25) is 0 Å². The molecule has 1 aromatic carbocycles. The number of piperidine rings is 3. The van der Waals surface area contributed by atoms with Crippen molar-refractivity contribution in [2.24, 2.45) is 5.92 Å². The number of nitrogens with zero attached hydrogens (tertiary/aromatic N) is 2. The molecule has 0 radical (unpaired) electrons. The minimum atomic E-state index is -0.147. The van der Waals surface area contributed by atoms with Crippen molar-refractivity contribution in [3.05, 3.63) is 35.9 Å². The molecule has 2 unspecified atom stereocenters. The predicted octanol–water partition coefficient (Wildman–Crippen LogP) is 1.21. The van der Waals surface area contributed by atoms with Crippen LogP contribution >= 0.6 is 0 Å². The third-order valence-corrected chi connectivity index (χ3v) is 5.15. The van der Waals surface area contributed by atoms with Crippen LogP contribution in [0.15, 0.2) is 30.3 Å². The standard InChI is InChI=1S/C16H21N3O/c20-16-15(13-4-2-1-3-5-13)17-11-19(16)14-10-18-8-6-12(14)7-9-18/h1-5,12,14-15,17H,6-11H2. The molecule has 4 aliphatic heterocycles. The van der Waals surface area contributed by atoms with Crippen LogP contribution in [0.4, 0.5) is 0 Å². The number of rotatable bonds is 2. The molecule has 0 spiro atoms. The summed E-state index contributed by atoms with van der Waals surface area (Å²) >= 11 is 0. The van der Waals surface area contributed by atoms with Crippen molar-refractivity contribution in [2.75, 3.05) is 26.3 Å². The highest BCUT2D eigenvalue weighted by molar-refractivity contribution is 5.85. The van der Waals surface area contributed by atoms with Gasteiger partial charge in [-0.3, -0.25) is 10.1 Å². The van der Waals surface area contributed by atoms with Gasteiger partial charge in [0.25, 0.3) is 0 Å². The van der Waals surface area contributed by atoms with Crippen LogP contribution in [0.3, 0.4) is 0 Å². The maximum Gasteiger partial charge on any atom is 0.245 e. The molecule has 2 atom stereocenters. The molecular weight excluding hydrogens is 250 g/mol. The fourth-order valence-corrected chi connectivity index (χ4v) is 3.99. The lowest BCUT2D eigenvalue weighted by Gasteiger charge is -2.47. The Morgan fingerprint density at radius 1 is 1.10 bits per heavy atom. The first-order chi connectivity index (χ1) is 9.83. The highest BCUT2D eigenvalue weighted by Gasteiger charge is 2.43. The van der Waals surface area contributed by atoms with Crippen LogP contribution in [-0.4, -0.2) is 48.1 Å². The highest BCUT2D eigenvalue weighted by Crippen LogP contribution is 2.33. The second-order valence-electron chi connectivity index (χ2n) is 6.22. The van der Waals surface area contributed by atoms with Crippen LogP contribution in [-0.2, 0) is 4.79 Å². The molecule has 4 aliphatic rings. The molecule has 0 saturated carbocycles. The summed E-state index contributed by atoms with van der Waals surface area (Å²) in [6.07, 6.45) is 2.51. The van der Waals surface area contributed by atoms with Crippen molar-refractivity contribution in [1.82, 2.24) is 15.1 Å². The van der Waals surface area contributed by atoms with Gasteiger partial charge in [0.1, 0.15) is 6.04 Å². The number of hydrogen-bond acceptors (Lipinski definition) is 3. The Bertz CT molecular complexity index is 496. The minimum Gasteiger partial charge on any atom is -0.324 e. The Labute approximate surface area is 119 Å². The van der Waals surface area contributed by atoms with E-state index in [0.29, 0.717) is 18.6 Å². The lowest BCUT2D eigenvalue weighted by atomic mass is 9.83. The quantitative estimate of drug-likeness (QED) is 0.878. The van der Waals surface area contributed by atoms with Crippen molar-refractivity contribution in [3.8, 4) is 0 Å². The molecule has 1 N–H and O–H groups in total. The molecule has 4 heteroatoms. The summed E-state index contributed by atoms with van der Waals surface area (Å²) in [5.41, 5.74) is 1.08. The van der Waals surface area contributed by atoms with Crippen LogP contribution in [0.1, 0.15) is 24.4 Å². The Kier molecular flexibility index (Phi) is 3.00. The highest BCUT2D eigenvalue weighted by atomic mass is 16.2. The van der Waals surface area contributed by atoms with Gasteiger partial charge in [0.15, 0.2) is 0 Å². The van der Waals surface area contributed by atoms with Crippen molar-refractivity contribution >= 4 is 5.91 Å². The molecule has 4 saturated heterocycles. The van der Waals surface area contributed by atoms with E-state index >= 15 is 0 Å². The summed E-state index contributed by atoms with van der Waals surface area (Å²) in [6.45, 7) is 4.21. The van der Waals surface area contributed by atoms with Crippen molar-refractivity contribution < 1.29 is 4.79 Å². The molecule has 2 bridgehead atoms. The molecule has 1 amide bonds. The molecule has 106 valence electrons. The smallest absolute Gasteiger partial charge is 0.245 e. The zero-order valence-corrected chi connectivity index (χ0v) is 11.7. The van der Waals surface area contributed by atoms with Gasteiger partial charge in [-0.15, -0.1) is 0 Å². The molecule has 0 aliphatic carbocycles. The van der Waals surface area contributed by atoms with Gasteiger partial charge in [0.2, 0.25) is 5.91 Å². The van der Waals surface area contributed by atoms with Crippen molar-refractivity contribution in [3.63, 3.8) is 0 Å². The first kappa shape index (κ1) is 12.4. The van der Waals surface area contributed by atoms with Gasteiger partial charge >= 0.3 is 0 Å². The minimum absolute atomic E-state index is 0.147. The number of fused-ring (bicyclic) bond motifs is 3. The van der Waals surface area contributed by atoms with Gasteiger partial charge in [-0.1, -0.05) is 30.3 Å². The molecule has 4 heterocycles. The molecule has 20 heavy (non-hydrogen) atoms. The first-order valence-corrected chi connectivity index (χ1v) is 7.64. The number of carbonyl (C=O) groups is 1. The number of nitrogens with one attached hydrogen (secondary N) is 1. The summed E-state index contributed by atoms with van der Waals surface area (Å²) in [6, 6.07) is 10.3. The van der Waals surface area contributed by atoms with Crippen LogP contribution in [0.25, 0.3) is 0 Å². The molecule has 0 aromatic heterocycles. The topological polar surface area (TPSA) is 35.6 Å². The summed E-state index contributed by atoms with van der Waals surface area (Å²) < 4.78 is 0. The van der Waals surface area contributed by atoms with Gasteiger partial charge in [-0.2, -0.15) is 0 Å². The summed E-state index contributed by atoms with van der Waals surface area (Å²) in [5.74, 6) is 0.968. The molecule has 1 aromatic rings. The molecule has 5 rings (SSSR count). The zero-order valence-electron chi connectivity index (χ0n) is 11.7. The van der Waals surface area contributed by atoms with E-state index in [0.717, 1.165) is 12.1 Å². The van der Waals surface area contributed by atoms with Crippen molar-refractivity contribution in [1.29, 1.82) is 0 Å². The number of carbonyl (C=O) groups excluding carboxylic acids is 1. The van der Waals surface area contributed by atoms with Gasteiger partial charge in [0.05, 0.1) is 6.67 Å². The average molecular weight is 271 g/mol. The summed E-state index contributed by atoms with van der Waals surface area (Å²) in [7, 11) is 0. The van der Waals surface area contributed by atoms with Crippen LogP contribution < -0.4 is 5.32 Å². The predicted molar refractivity (Wildman–Crippen MR) is 77.0 cm³/mol. The maximum atomic E-state index is 12.7. The van der Waals surface area contributed by atoms with Crippen molar-refractivity contribution in [2.45, 2.75) is 24.9 Å². The largest absolute Gasteiger partial charge is 0.324 e. The first-order valence-electron chi connectivity index (χ1n) is 7.64. The lowest BCUT2D eigenvalue weighted by molar-refractivity contribution is -0.134. The SMILES string of the molecule is O=C1C(c2ccccc2)NCN1C1CN2CCC1CC2. The summed E-state index contributed by atoms with van der Waals surface area (Å²) in [4.78, 5) is 17.3. The number of amides is 1. The van der Waals surface area contributed by atoms with E-state index in [1.54, 1.807) is 0 Å². The maximum absolute atomic E-state index is 12.7. The Hall–Kier alpha value is -1.39. The third kappa shape index (κ3) is 1.95. The normalized spacial score (nSPS) is 36.6. The van der Waals surface area contributed by atoms with Gasteiger partial charge in [-0.25, -0.2) is 0 Å². The molecule has 4 fully saturated rings. The van der Waals surface area contributed by atoms with Gasteiger partial charge < -0.3 is 9.80 Å². The summed E-state index contributed by atoms with van der Waals surface area (Å²) in [5, 5.41) is 3.39. The second-order valence-corrected chi connectivity index (χ2v) is 6.22. The van der Waals surface area contributed by atoms with E-state index in [1.807, 2.05) is 30.3 Å². The lowest BCUT2D eigenvalue weighted by Crippen LogP contribution is -2.58. The number of benzene rings is 1. The van der Waals surface area contributed by atoms with E-state index in [4.69, 9.17) is 0 Å². The van der Waals surface area contributed by atoms with Crippen LogP contribution in [0.5, 0.6) is 0 Å². The van der Waals surface area contributed by atoms with Gasteiger partial charge in [-0.05, 0) is 37.4 Å². The Morgan fingerprint density at radius 3 is 2.50 bits per heavy atom. The molecule has 4 nitrogen and oxygen atoms in total. The fraction of sp³-hybridized carbons (Fsp3) is 0.562. The Balaban J connectivity index is 1.53. The van der Waals surface area contributed by atoms with E-state index in [2.05, 4.69) is 15.1 Å². The van der Waals surface area contributed by atoms with E-state index in [1.165, 1.54) is 25.9 Å². The van der Waals surface area contributed by atoms with E-state index < -0.39 is 0 Å². The average Bonchev–Trinajstić information content (AvgIpc) is 2.91. The third-order valence-electron chi connectivity index (χ3n) is 5.15. The van der Waals surface area contributed by atoms with Crippen LogP contribution in [0, 0.1) is 5.92 Å². The second kappa shape index (κ2) is 4.86. The van der Waals surface area contributed by atoms with E-state index in [-0.39, 0.29) is 11.9 Å². The number of hydrogen-bond donors (Lipinski definition) is 1.